The third-order valence-electron chi connectivity index (χ3n) is 3.77. The van der Waals surface area contributed by atoms with Crippen molar-refractivity contribution in [2.24, 2.45) is 17.8 Å². The van der Waals surface area contributed by atoms with Gasteiger partial charge in [-0.3, -0.25) is 4.79 Å². The van der Waals surface area contributed by atoms with E-state index in [1.807, 2.05) is 6.08 Å². The number of rotatable bonds is 2. The van der Waals surface area contributed by atoms with E-state index in [9.17, 15) is 4.79 Å². The maximum atomic E-state index is 11.5. The van der Waals surface area contributed by atoms with Crippen molar-refractivity contribution in [3.63, 3.8) is 0 Å². The molecular weight excluding hydrogens is 174 g/mol. The number of carbonyl (C=O) groups is 1. The summed E-state index contributed by atoms with van der Waals surface area (Å²) in [6.45, 7) is 5.52. The van der Waals surface area contributed by atoms with Crippen LogP contribution < -0.4 is 5.32 Å². The molecule has 3 atom stereocenters. The molecule has 0 amide bonds. The highest BCUT2D eigenvalue weighted by Crippen LogP contribution is 2.40. The Hall–Kier alpha value is -0.790. The predicted octanol–water partition coefficient (Wildman–Crippen LogP) is 2.11. The minimum atomic E-state index is 0.312. The molecule has 2 rings (SSSR count). The maximum Gasteiger partial charge on any atom is 0.157 e. The van der Waals surface area contributed by atoms with Gasteiger partial charge in [0.25, 0.3) is 0 Å². The summed E-state index contributed by atoms with van der Waals surface area (Å²) in [6, 6.07) is 0. The van der Waals surface area contributed by atoms with Crippen molar-refractivity contribution in [3.05, 3.63) is 11.8 Å². The van der Waals surface area contributed by atoms with E-state index >= 15 is 0 Å². The van der Waals surface area contributed by atoms with Gasteiger partial charge < -0.3 is 5.32 Å². The molecule has 1 N–H and O–H groups in total. The Morgan fingerprint density at radius 2 is 2.07 bits per heavy atom. The summed E-state index contributed by atoms with van der Waals surface area (Å²) in [5.74, 6) is 2.29. The van der Waals surface area contributed by atoms with Crippen LogP contribution in [0, 0.1) is 17.8 Å². The smallest absolute Gasteiger partial charge is 0.157 e. The number of hydrogen-bond donors (Lipinski definition) is 1. The van der Waals surface area contributed by atoms with Crippen LogP contribution >= 0.6 is 0 Å². The van der Waals surface area contributed by atoms with Crippen LogP contribution in [0.25, 0.3) is 0 Å². The van der Waals surface area contributed by atoms with E-state index in [0.717, 1.165) is 25.3 Å². The lowest BCUT2D eigenvalue weighted by Crippen LogP contribution is -2.27. The topological polar surface area (TPSA) is 29.1 Å². The molecule has 0 aromatic carbocycles. The molecule has 78 valence electrons. The molecule has 2 aliphatic rings. The number of carbonyl (C=O) groups excluding carboxylic acids is 1. The third kappa shape index (κ3) is 1.47. The zero-order chi connectivity index (χ0) is 10.1. The predicted molar refractivity (Wildman–Crippen MR) is 56.8 cm³/mol. The number of hydrogen-bond acceptors (Lipinski definition) is 2. The Morgan fingerprint density at radius 1 is 1.36 bits per heavy atom. The average Bonchev–Trinajstić information content (AvgIpc) is 2.59. The van der Waals surface area contributed by atoms with Gasteiger partial charge in [-0.15, -0.1) is 0 Å². The van der Waals surface area contributed by atoms with Gasteiger partial charge in [-0.25, -0.2) is 0 Å². The lowest BCUT2D eigenvalue weighted by Gasteiger charge is -2.29. The SMILES string of the molecule is CCC1CNC2=CC(=O)CC(CC)C21. The second-order valence-electron chi connectivity index (χ2n) is 4.51. The summed E-state index contributed by atoms with van der Waals surface area (Å²) in [7, 11) is 0. The Labute approximate surface area is 85.8 Å². The lowest BCUT2D eigenvalue weighted by molar-refractivity contribution is -0.116. The highest BCUT2D eigenvalue weighted by Gasteiger charge is 2.38. The molecule has 1 heterocycles. The molecule has 0 radical (unpaired) electrons. The monoisotopic (exact) mass is 193 g/mol. The van der Waals surface area contributed by atoms with Crippen molar-refractivity contribution in [2.45, 2.75) is 33.1 Å². The first kappa shape index (κ1) is 9.75. The summed E-state index contributed by atoms with van der Waals surface area (Å²) in [5, 5.41) is 3.39. The van der Waals surface area contributed by atoms with Crippen LogP contribution in [0.5, 0.6) is 0 Å². The van der Waals surface area contributed by atoms with E-state index in [-0.39, 0.29) is 0 Å². The highest BCUT2D eigenvalue weighted by atomic mass is 16.1. The highest BCUT2D eigenvalue weighted by molar-refractivity contribution is 5.91. The van der Waals surface area contributed by atoms with E-state index in [2.05, 4.69) is 19.2 Å². The van der Waals surface area contributed by atoms with Crippen molar-refractivity contribution in [2.75, 3.05) is 6.54 Å². The summed E-state index contributed by atoms with van der Waals surface area (Å²) in [6.07, 6.45) is 4.96. The van der Waals surface area contributed by atoms with Crippen LogP contribution in [-0.4, -0.2) is 12.3 Å². The van der Waals surface area contributed by atoms with Crippen LogP contribution in [0.1, 0.15) is 33.1 Å². The molecule has 2 nitrogen and oxygen atoms in total. The minimum absolute atomic E-state index is 0.312. The molecular formula is C12H19NO. The summed E-state index contributed by atoms with van der Waals surface area (Å²) >= 11 is 0. The molecule has 0 aromatic heterocycles. The normalized spacial score (nSPS) is 36.3. The quantitative estimate of drug-likeness (QED) is 0.727. The molecule has 2 heteroatoms. The van der Waals surface area contributed by atoms with Crippen LogP contribution in [0.15, 0.2) is 11.8 Å². The third-order valence-corrected chi connectivity index (χ3v) is 3.77. The first-order chi connectivity index (χ1) is 6.76. The number of ketones is 1. The van der Waals surface area contributed by atoms with Gasteiger partial charge in [-0.05, 0) is 11.8 Å². The van der Waals surface area contributed by atoms with Crippen molar-refractivity contribution >= 4 is 5.78 Å². The number of nitrogens with one attached hydrogen (secondary N) is 1. The van der Waals surface area contributed by atoms with E-state index in [0.29, 0.717) is 17.6 Å². The lowest BCUT2D eigenvalue weighted by atomic mass is 9.74. The van der Waals surface area contributed by atoms with Gasteiger partial charge in [0.05, 0.1) is 0 Å². The fourth-order valence-corrected chi connectivity index (χ4v) is 2.95. The first-order valence-corrected chi connectivity index (χ1v) is 5.74. The van der Waals surface area contributed by atoms with E-state index in [4.69, 9.17) is 0 Å². The van der Waals surface area contributed by atoms with Crippen LogP contribution in [0.4, 0.5) is 0 Å². The van der Waals surface area contributed by atoms with Crippen molar-refractivity contribution in [1.29, 1.82) is 0 Å². The summed E-state index contributed by atoms with van der Waals surface area (Å²) < 4.78 is 0. The van der Waals surface area contributed by atoms with Gasteiger partial charge in [0.15, 0.2) is 5.78 Å². The average molecular weight is 193 g/mol. The first-order valence-electron chi connectivity index (χ1n) is 5.74. The maximum absolute atomic E-state index is 11.5. The Balaban J connectivity index is 2.24. The molecule has 1 fully saturated rings. The van der Waals surface area contributed by atoms with Gasteiger partial charge in [0.1, 0.15) is 0 Å². The van der Waals surface area contributed by atoms with Crippen LogP contribution in [0.2, 0.25) is 0 Å². The minimum Gasteiger partial charge on any atom is -0.388 e. The van der Waals surface area contributed by atoms with Gasteiger partial charge in [-0.1, -0.05) is 26.7 Å². The molecule has 0 spiro atoms. The van der Waals surface area contributed by atoms with E-state index in [1.165, 1.54) is 12.1 Å². The fourth-order valence-electron chi connectivity index (χ4n) is 2.95. The van der Waals surface area contributed by atoms with Crippen LogP contribution in [0.3, 0.4) is 0 Å². The largest absolute Gasteiger partial charge is 0.388 e. The molecule has 1 saturated heterocycles. The zero-order valence-electron chi connectivity index (χ0n) is 9.05. The van der Waals surface area contributed by atoms with Crippen molar-refractivity contribution in [1.82, 2.24) is 5.32 Å². The van der Waals surface area contributed by atoms with Gasteiger partial charge in [0, 0.05) is 30.7 Å². The molecule has 1 aliphatic heterocycles. The zero-order valence-corrected chi connectivity index (χ0v) is 9.05. The van der Waals surface area contributed by atoms with Gasteiger partial charge >= 0.3 is 0 Å². The van der Waals surface area contributed by atoms with Crippen molar-refractivity contribution < 1.29 is 4.79 Å². The second-order valence-corrected chi connectivity index (χ2v) is 4.51. The molecule has 0 aromatic rings. The standard InChI is InChI=1S/C12H19NO/c1-3-8-5-10(14)6-11-12(8)9(4-2)7-13-11/h6,8-9,12-13H,3-5,7H2,1-2H3. The Morgan fingerprint density at radius 3 is 2.71 bits per heavy atom. The molecule has 3 unspecified atom stereocenters. The number of allylic oxidation sites excluding steroid dienone is 2. The fraction of sp³-hybridized carbons (Fsp3) is 0.750. The molecule has 1 aliphatic carbocycles. The van der Waals surface area contributed by atoms with E-state index < -0.39 is 0 Å². The van der Waals surface area contributed by atoms with Gasteiger partial charge in [0.2, 0.25) is 0 Å². The van der Waals surface area contributed by atoms with Crippen LogP contribution in [-0.2, 0) is 4.79 Å². The van der Waals surface area contributed by atoms with Gasteiger partial charge in [-0.2, -0.15) is 0 Å². The van der Waals surface area contributed by atoms with Crippen molar-refractivity contribution in [3.8, 4) is 0 Å². The number of fused-ring (bicyclic) bond motifs is 1. The molecule has 14 heavy (non-hydrogen) atoms. The molecule has 0 saturated carbocycles. The van der Waals surface area contributed by atoms with E-state index in [1.54, 1.807) is 0 Å². The second kappa shape index (κ2) is 3.76. The summed E-state index contributed by atoms with van der Waals surface area (Å²) in [5.41, 5.74) is 1.22. The molecule has 0 bridgehead atoms. The Bertz CT molecular complexity index is 269. The summed E-state index contributed by atoms with van der Waals surface area (Å²) in [4.78, 5) is 11.5. The Kier molecular flexibility index (Phi) is 2.62.